The average Bonchev–Trinajstić information content (AvgIpc) is 2.35. The van der Waals surface area contributed by atoms with Crippen molar-refractivity contribution in [2.75, 3.05) is 46.4 Å². The molecule has 1 aliphatic rings. The van der Waals surface area contributed by atoms with Crippen LogP contribution in [0.5, 0.6) is 0 Å². The molecule has 0 spiro atoms. The molecule has 1 atom stereocenters. The first kappa shape index (κ1) is 14.9. The van der Waals surface area contributed by atoms with Crippen LogP contribution in [0.3, 0.4) is 0 Å². The van der Waals surface area contributed by atoms with E-state index in [0.29, 0.717) is 0 Å². The van der Waals surface area contributed by atoms with Crippen LogP contribution in [0.2, 0.25) is 0 Å². The maximum Gasteiger partial charge on any atom is 0.0506 e. The van der Waals surface area contributed by atoms with Crippen LogP contribution in [-0.2, 0) is 4.74 Å². The topological polar surface area (TPSA) is 24.5 Å². The number of nitrogens with zero attached hydrogens (tertiary/aromatic N) is 1. The summed E-state index contributed by atoms with van der Waals surface area (Å²) in [6.07, 6.45) is 6.59. The zero-order valence-electron chi connectivity index (χ0n) is 11.7. The Morgan fingerprint density at radius 2 is 2.18 bits per heavy atom. The number of hydrogen-bond donors (Lipinski definition) is 1. The van der Waals surface area contributed by atoms with Gasteiger partial charge in [0, 0.05) is 13.2 Å². The van der Waals surface area contributed by atoms with Gasteiger partial charge in [-0.3, -0.25) is 0 Å². The normalized spacial score (nSPS) is 21.0. The first-order valence-corrected chi connectivity index (χ1v) is 7.30. The van der Waals surface area contributed by atoms with Crippen LogP contribution in [0.4, 0.5) is 0 Å². The molecule has 1 rings (SSSR count). The molecule has 0 amide bonds. The van der Waals surface area contributed by atoms with Crippen molar-refractivity contribution < 1.29 is 4.74 Å². The van der Waals surface area contributed by atoms with Crippen molar-refractivity contribution >= 4 is 0 Å². The van der Waals surface area contributed by atoms with Gasteiger partial charge in [0.2, 0.25) is 0 Å². The van der Waals surface area contributed by atoms with Gasteiger partial charge in [-0.1, -0.05) is 13.3 Å². The maximum atomic E-state index is 5.52. The molecule has 0 aromatic heterocycles. The van der Waals surface area contributed by atoms with E-state index in [4.69, 9.17) is 4.74 Å². The predicted octanol–water partition coefficient (Wildman–Crippen LogP) is 2.12. The Morgan fingerprint density at radius 3 is 2.88 bits per heavy atom. The molecule has 0 aromatic carbocycles. The van der Waals surface area contributed by atoms with E-state index in [1.54, 1.807) is 0 Å². The maximum absolute atomic E-state index is 5.52. The molecule has 1 N–H and O–H groups in total. The molecule has 17 heavy (non-hydrogen) atoms. The van der Waals surface area contributed by atoms with Crippen molar-refractivity contribution in [3.63, 3.8) is 0 Å². The van der Waals surface area contributed by atoms with E-state index in [1.165, 1.54) is 51.7 Å². The minimum atomic E-state index is 0.774. The molecule has 1 fully saturated rings. The van der Waals surface area contributed by atoms with Crippen molar-refractivity contribution in [3.05, 3.63) is 0 Å². The Labute approximate surface area is 107 Å². The molecule has 0 aromatic rings. The standard InChI is InChI=1S/C14H30N2O/c1-3-15-9-5-4-6-10-16(2)12-14-8-7-11-17-13-14/h14-15H,3-13H2,1-2H3. The number of rotatable bonds is 9. The molecule has 0 radical (unpaired) electrons. The van der Waals surface area contributed by atoms with Crippen LogP contribution in [-0.4, -0.2) is 51.3 Å². The highest BCUT2D eigenvalue weighted by Gasteiger charge is 2.15. The van der Waals surface area contributed by atoms with Crippen molar-refractivity contribution in [1.29, 1.82) is 0 Å². The first-order valence-electron chi connectivity index (χ1n) is 7.30. The van der Waals surface area contributed by atoms with Gasteiger partial charge in [0.05, 0.1) is 6.61 Å². The number of hydrogen-bond acceptors (Lipinski definition) is 3. The third-order valence-electron chi connectivity index (χ3n) is 3.47. The van der Waals surface area contributed by atoms with Gasteiger partial charge in [0.15, 0.2) is 0 Å². The van der Waals surface area contributed by atoms with E-state index in [-0.39, 0.29) is 0 Å². The van der Waals surface area contributed by atoms with Gasteiger partial charge in [-0.15, -0.1) is 0 Å². The number of unbranched alkanes of at least 4 members (excludes halogenated alkanes) is 2. The molecular formula is C14H30N2O. The summed E-state index contributed by atoms with van der Waals surface area (Å²) in [7, 11) is 2.25. The summed E-state index contributed by atoms with van der Waals surface area (Å²) in [6, 6.07) is 0. The quantitative estimate of drug-likeness (QED) is 0.627. The third-order valence-corrected chi connectivity index (χ3v) is 3.47. The van der Waals surface area contributed by atoms with Crippen molar-refractivity contribution in [3.8, 4) is 0 Å². The van der Waals surface area contributed by atoms with Gasteiger partial charge >= 0.3 is 0 Å². The Hall–Kier alpha value is -0.120. The molecule has 102 valence electrons. The SMILES string of the molecule is CCNCCCCCN(C)CC1CCCOC1. The molecule has 1 unspecified atom stereocenters. The molecule has 1 aliphatic heterocycles. The fourth-order valence-electron chi connectivity index (χ4n) is 2.47. The number of ether oxygens (including phenoxy) is 1. The zero-order valence-corrected chi connectivity index (χ0v) is 11.7. The highest BCUT2D eigenvalue weighted by atomic mass is 16.5. The van der Waals surface area contributed by atoms with Crippen molar-refractivity contribution in [2.45, 2.75) is 39.0 Å². The van der Waals surface area contributed by atoms with Crippen LogP contribution in [0.25, 0.3) is 0 Å². The van der Waals surface area contributed by atoms with Gasteiger partial charge in [0.25, 0.3) is 0 Å². The van der Waals surface area contributed by atoms with E-state index in [1.807, 2.05) is 0 Å². The van der Waals surface area contributed by atoms with Crippen molar-refractivity contribution in [2.24, 2.45) is 5.92 Å². The van der Waals surface area contributed by atoms with E-state index < -0.39 is 0 Å². The molecule has 0 saturated carbocycles. The zero-order chi connectivity index (χ0) is 12.3. The minimum Gasteiger partial charge on any atom is -0.381 e. The number of nitrogens with one attached hydrogen (secondary N) is 1. The van der Waals surface area contributed by atoms with Crippen LogP contribution in [0.15, 0.2) is 0 Å². The Kier molecular flexibility index (Phi) is 8.67. The van der Waals surface area contributed by atoms with Gasteiger partial charge in [-0.2, -0.15) is 0 Å². The lowest BCUT2D eigenvalue weighted by molar-refractivity contribution is 0.0419. The molecule has 3 nitrogen and oxygen atoms in total. The van der Waals surface area contributed by atoms with Gasteiger partial charge in [-0.25, -0.2) is 0 Å². The second kappa shape index (κ2) is 9.86. The average molecular weight is 242 g/mol. The summed E-state index contributed by atoms with van der Waals surface area (Å²) in [5.41, 5.74) is 0. The van der Waals surface area contributed by atoms with E-state index in [0.717, 1.165) is 25.7 Å². The smallest absolute Gasteiger partial charge is 0.0506 e. The van der Waals surface area contributed by atoms with E-state index in [9.17, 15) is 0 Å². The highest BCUT2D eigenvalue weighted by molar-refractivity contribution is 4.67. The monoisotopic (exact) mass is 242 g/mol. The van der Waals surface area contributed by atoms with Gasteiger partial charge in [-0.05, 0) is 58.3 Å². The summed E-state index contributed by atoms with van der Waals surface area (Å²) in [6.45, 7) is 8.85. The molecule has 0 bridgehead atoms. The van der Waals surface area contributed by atoms with Crippen LogP contribution < -0.4 is 5.32 Å². The van der Waals surface area contributed by atoms with Crippen LogP contribution >= 0.6 is 0 Å². The molecule has 1 saturated heterocycles. The second-order valence-corrected chi connectivity index (χ2v) is 5.26. The fraction of sp³-hybridized carbons (Fsp3) is 1.00. The minimum absolute atomic E-state index is 0.774. The van der Waals surface area contributed by atoms with Gasteiger partial charge < -0.3 is 15.0 Å². The Morgan fingerprint density at radius 1 is 1.29 bits per heavy atom. The molecule has 1 heterocycles. The van der Waals surface area contributed by atoms with Gasteiger partial charge in [0.1, 0.15) is 0 Å². The second-order valence-electron chi connectivity index (χ2n) is 5.26. The molecular weight excluding hydrogens is 212 g/mol. The summed E-state index contributed by atoms with van der Waals surface area (Å²) in [4.78, 5) is 2.48. The summed E-state index contributed by atoms with van der Waals surface area (Å²) in [5, 5.41) is 3.37. The lowest BCUT2D eigenvalue weighted by atomic mass is 10.0. The van der Waals surface area contributed by atoms with Crippen LogP contribution in [0, 0.1) is 5.92 Å². The molecule has 0 aliphatic carbocycles. The van der Waals surface area contributed by atoms with Crippen LogP contribution in [0.1, 0.15) is 39.0 Å². The predicted molar refractivity (Wildman–Crippen MR) is 73.4 cm³/mol. The van der Waals surface area contributed by atoms with Crippen molar-refractivity contribution in [1.82, 2.24) is 10.2 Å². The Bertz CT molecular complexity index is 170. The fourth-order valence-corrected chi connectivity index (χ4v) is 2.47. The highest BCUT2D eigenvalue weighted by Crippen LogP contribution is 2.14. The lowest BCUT2D eigenvalue weighted by Gasteiger charge is -2.27. The summed E-state index contributed by atoms with van der Waals surface area (Å²) < 4.78 is 5.52. The third kappa shape index (κ3) is 7.74. The summed E-state index contributed by atoms with van der Waals surface area (Å²) >= 11 is 0. The Balaban J connectivity index is 1.91. The summed E-state index contributed by atoms with van der Waals surface area (Å²) in [5.74, 6) is 0.774. The molecule has 3 heteroatoms. The lowest BCUT2D eigenvalue weighted by Crippen LogP contribution is -2.31. The first-order chi connectivity index (χ1) is 8.33. The largest absolute Gasteiger partial charge is 0.381 e. The van der Waals surface area contributed by atoms with E-state index >= 15 is 0 Å². The van der Waals surface area contributed by atoms with E-state index in [2.05, 4.69) is 24.2 Å².